The number of para-hydroxylation sites is 2. The molecule has 2 aromatic carbocycles. The van der Waals surface area contributed by atoms with Gasteiger partial charge in [-0.05, 0) is 42.2 Å². The van der Waals surface area contributed by atoms with Gasteiger partial charge in [0.1, 0.15) is 11.9 Å². The largest absolute Gasteiger partial charge is 0.339 e. The van der Waals surface area contributed by atoms with E-state index >= 15 is 0 Å². The molecule has 0 radical (unpaired) electrons. The van der Waals surface area contributed by atoms with Crippen LogP contribution in [0.25, 0.3) is 0 Å². The zero-order valence-corrected chi connectivity index (χ0v) is 15.0. The fraction of sp³-hybridized carbons (Fsp3) is 0.190. The summed E-state index contributed by atoms with van der Waals surface area (Å²) < 4.78 is 0. The van der Waals surface area contributed by atoms with Crippen LogP contribution in [-0.4, -0.2) is 9.97 Å². The van der Waals surface area contributed by atoms with E-state index in [-0.39, 0.29) is 0 Å². The summed E-state index contributed by atoms with van der Waals surface area (Å²) in [5.74, 6) is 1.16. The smallest absolute Gasteiger partial charge is 0.229 e. The fourth-order valence-electron chi connectivity index (χ4n) is 2.83. The van der Waals surface area contributed by atoms with Crippen LogP contribution in [0.5, 0.6) is 0 Å². The molecule has 0 bridgehead atoms. The number of aryl methyl sites for hydroxylation is 2. The number of benzene rings is 2. The molecular formula is C21H21N5. The molecule has 1 aromatic heterocycles. The highest BCUT2D eigenvalue weighted by atomic mass is 15.1. The molecule has 26 heavy (non-hydrogen) atoms. The van der Waals surface area contributed by atoms with Crippen molar-refractivity contribution in [2.24, 2.45) is 0 Å². The number of rotatable bonds is 6. The van der Waals surface area contributed by atoms with Gasteiger partial charge in [-0.15, -0.1) is 0 Å². The Labute approximate surface area is 153 Å². The van der Waals surface area contributed by atoms with Crippen LogP contribution < -0.4 is 10.6 Å². The molecule has 0 saturated carbocycles. The summed E-state index contributed by atoms with van der Waals surface area (Å²) in [6, 6.07) is 17.6. The zero-order valence-electron chi connectivity index (χ0n) is 15.0. The van der Waals surface area contributed by atoms with Gasteiger partial charge in [0.15, 0.2) is 0 Å². The Balaban J connectivity index is 1.88. The van der Waals surface area contributed by atoms with Crippen molar-refractivity contribution in [1.82, 2.24) is 9.97 Å². The molecule has 0 fully saturated rings. The van der Waals surface area contributed by atoms with Crippen LogP contribution in [0.2, 0.25) is 0 Å². The number of nitrogens with one attached hydrogen (secondary N) is 2. The van der Waals surface area contributed by atoms with Gasteiger partial charge in [0.2, 0.25) is 5.95 Å². The molecule has 130 valence electrons. The van der Waals surface area contributed by atoms with Crippen molar-refractivity contribution in [1.29, 1.82) is 5.26 Å². The fourth-order valence-corrected chi connectivity index (χ4v) is 2.83. The number of nitriles is 1. The molecule has 0 aliphatic rings. The van der Waals surface area contributed by atoms with Crippen molar-refractivity contribution in [2.45, 2.75) is 26.7 Å². The summed E-state index contributed by atoms with van der Waals surface area (Å²) in [7, 11) is 0. The van der Waals surface area contributed by atoms with Crippen molar-refractivity contribution >= 4 is 23.1 Å². The van der Waals surface area contributed by atoms with Crippen LogP contribution >= 0.6 is 0 Å². The predicted octanol–water partition coefficient (Wildman–Crippen LogP) is 4.96. The van der Waals surface area contributed by atoms with Gasteiger partial charge < -0.3 is 10.6 Å². The Kier molecular flexibility index (Phi) is 5.45. The van der Waals surface area contributed by atoms with Crippen molar-refractivity contribution in [3.8, 4) is 6.07 Å². The van der Waals surface area contributed by atoms with Crippen LogP contribution in [0.4, 0.5) is 23.1 Å². The first-order valence-corrected chi connectivity index (χ1v) is 8.72. The van der Waals surface area contributed by atoms with Gasteiger partial charge in [0, 0.05) is 11.9 Å². The molecule has 0 saturated heterocycles. The molecule has 3 aromatic rings. The minimum absolute atomic E-state index is 0.528. The summed E-state index contributed by atoms with van der Waals surface area (Å²) >= 11 is 0. The summed E-state index contributed by atoms with van der Waals surface area (Å²) in [6.45, 7) is 4.27. The molecule has 0 atom stereocenters. The standard InChI is InChI=1S/C21H21N5/c1-3-15-9-7-10-16(4-2)20(15)26-21-23-13-12-19(25-21)24-18-11-6-5-8-17(18)14-22/h5-13H,3-4H2,1-2H3,(H2,23,24,25,26). The first-order valence-electron chi connectivity index (χ1n) is 8.72. The van der Waals surface area contributed by atoms with Crippen molar-refractivity contribution in [2.75, 3.05) is 10.6 Å². The first-order chi connectivity index (χ1) is 12.7. The molecule has 0 spiro atoms. The second-order valence-corrected chi connectivity index (χ2v) is 5.83. The summed E-state index contributed by atoms with van der Waals surface area (Å²) in [6.07, 6.45) is 3.57. The Morgan fingerprint density at radius 1 is 0.923 bits per heavy atom. The lowest BCUT2D eigenvalue weighted by atomic mass is 10.0. The minimum Gasteiger partial charge on any atom is -0.339 e. The van der Waals surface area contributed by atoms with Gasteiger partial charge in [0.05, 0.1) is 11.3 Å². The van der Waals surface area contributed by atoms with E-state index in [4.69, 9.17) is 0 Å². The van der Waals surface area contributed by atoms with E-state index in [0.717, 1.165) is 24.2 Å². The normalized spacial score (nSPS) is 10.2. The SMILES string of the molecule is CCc1cccc(CC)c1Nc1nccc(Nc2ccccc2C#N)n1. The highest BCUT2D eigenvalue weighted by Gasteiger charge is 2.09. The van der Waals surface area contributed by atoms with Crippen LogP contribution in [0.3, 0.4) is 0 Å². The predicted molar refractivity (Wildman–Crippen MR) is 105 cm³/mol. The van der Waals surface area contributed by atoms with Crippen LogP contribution in [0.1, 0.15) is 30.5 Å². The molecule has 0 unspecified atom stereocenters. The van der Waals surface area contributed by atoms with E-state index in [1.165, 1.54) is 11.1 Å². The Hall–Kier alpha value is -3.39. The van der Waals surface area contributed by atoms with Crippen LogP contribution in [0.15, 0.2) is 54.7 Å². The maximum absolute atomic E-state index is 9.23. The second-order valence-electron chi connectivity index (χ2n) is 5.83. The van der Waals surface area contributed by atoms with Crippen molar-refractivity contribution in [3.63, 3.8) is 0 Å². The third-order valence-electron chi connectivity index (χ3n) is 4.20. The average molecular weight is 343 g/mol. The Bertz CT molecular complexity index is 921. The van der Waals surface area contributed by atoms with Crippen molar-refractivity contribution in [3.05, 3.63) is 71.4 Å². The number of aromatic nitrogens is 2. The number of hydrogen-bond acceptors (Lipinski definition) is 5. The third kappa shape index (κ3) is 3.81. The average Bonchev–Trinajstić information content (AvgIpc) is 2.69. The molecule has 3 rings (SSSR count). The second kappa shape index (κ2) is 8.13. The van der Waals surface area contributed by atoms with E-state index in [1.54, 1.807) is 18.3 Å². The summed E-state index contributed by atoms with van der Waals surface area (Å²) in [4.78, 5) is 8.89. The van der Waals surface area contributed by atoms with Crippen molar-refractivity contribution < 1.29 is 0 Å². The highest BCUT2D eigenvalue weighted by Crippen LogP contribution is 2.26. The molecule has 5 nitrogen and oxygen atoms in total. The molecule has 5 heteroatoms. The molecular weight excluding hydrogens is 322 g/mol. The number of anilines is 4. The van der Waals surface area contributed by atoms with Crippen LogP contribution in [0, 0.1) is 11.3 Å². The lowest BCUT2D eigenvalue weighted by Crippen LogP contribution is -2.05. The quantitative estimate of drug-likeness (QED) is 0.662. The summed E-state index contributed by atoms with van der Waals surface area (Å²) in [5, 5.41) is 15.8. The van der Waals surface area contributed by atoms with Gasteiger partial charge in [-0.25, -0.2) is 4.98 Å². The Morgan fingerprint density at radius 3 is 2.35 bits per heavy atom. The highest BCUT2D eigenvalue weighted by molar-refractivity contribution is 5.67. The van der Waals surface area contributed by atoms with Gasteiger partial charge in [-0.2, -0.15) is 10.2 Å². The maximum atomic E-state index is 9.23. The molecule has 1 heterocycles. The molecule has 0 aliphatic heterocycles. The molecule has 0 aliphatic carbocycles. The van der Waals surface area contributed by atoms with E-state index in [0.29, 0.717) is 17.3 Å². The van der Waals surface area contributed by atoms with E-state index < -0.39 is 0 Å². The first kappa shape index (κ1) is 17.4. The van der Waals surface area contributed by atoms with E-state index in [1.807, 2.05) is 18.2 Å². The van der Waals surface area contributed by atoms with Gasteiger partial charge in [0.25, 0.3) is 0 Å². The molecule has 2 N–H and O–H groups in total. The topological polar surface area (TPSA) is 73.6 Å². The number of hydrogen-bond donors (Lipinski definition) is 2. The summed E-state index contributed by atoms with van der Waals surface area (Å²) in [5.41, 5.74) is 4.85. The van der Waals surface area contributed by atoms with E-state index in [9.17, 15) is 5.26 Å². The van der Waals surface area contributed by atoms with Gasteiger partial charge >= 0.3 is 0 Å². The lowest BCUT2D eigenvalue weighted by Gasteiger charge is -2.15. The lowest BCUT2D eigenvalue weighted by molar-refractivity contribution is 1.07. The zero-order chi connectivity index (χ0) is 18.4. The minimum atomic E-state index is 0.528. The van der Waals surface area contributed by atoms with Gasteiger partial charge in [-0.1, -0.05) is 44.2 Å². The monoisotopic (exact) mass is 343 g/mol. The van der Waals surface area contributed by atoms with Gasteiger partial charge in [-0.3, -0.25) is 0 Å². The number of nitrogens with zero attached hydrogens (tertiary/aromatic N) is 3. The Morgan fingerprint density at radius 2 is 1.65 bits per heavy atom. The molecule has 0 amide bonds. The van der Waals surface area contributed by atoms with E-state index in [2.05, 4.69) is 58.7 Å². The van der Waals surface area contributed by atoms with Crippen LogP contribution in [-0.2, 0) is 12.8 Å². The maximum Gasteiger partial charge on any atom is 0.229 e. The third-order valence-corrected chi connectivity index (χ3v) is 4.20.